The van der Waals surface area contributed by atoms with Crippen LogP contribution in [0.25, 0.3) is 0 Å². The molecular weight excluding hydrogens is 234 g/mol. The van der Waals surface area contributed by atoms with Crippen molar-refractivity contribution in [1.82, 2.24) is 4.90 Å². The van der Waals surface area contributed by atoms with Crippen LogP contribution in [0.2, 0.25) is 0 Å². The fourth-order valence-electron chi connectivity index (χ4n) is 2.96. The van der Waals surface area contributed by atoms with Crippen LogP contribution in [0.4, 0.5) is 0 Å². The normalized spacial score (nSPS) is 34.4. The topological polar surface area (TPSA) is 55.8 Å². The van der Waals surface area contributed by atoms with E-state index in [9.17, 15) is 9.59 Å². The molecule has 4 atom stereocenters. The van der Waals surface area contributed by atoms with Crippen LogP contribution in [0.3, 0.4) is 0 Å². The number of esters is 2. The van der Waals surface area contributed by atoms with Gasteiger partial charge in [-0.15, -0.1) is 0 Å². The van der Waals surface area contributed by atoms with Crippen molar-refractivity contribution in [2.45, 2.75) is 38.8 Å². The summed E-state index contributed by atoms with van der Waals surface area (Å²) in [6, 6.07) is -0.463. The number of rotatable bonds is 2. The van der Waals surface area contributed by atoms with Gasteiger partial charge in [-0.1, -0.05) is 0 Å². The molecule has 0 aliphatic carbocycles. The molecule has 0 N–H and O–H groups in total. The summed E-state index contributed by atoms with van der Waals surface area (Å²) in [6.07, 6.45) is 0.957. The lowest BCUT2D eigenvalue weighted by Crippen LogP contribution is -2.48. The van der Waals surface area contributed by atoms with Gasteiger partial charge in [0.2, 0.25) is 0 Å². The average Bonchev–Trinajstić information content (AvgIpc) is 2.84. The lowest BCUT2D eigenvalue weighted by molar-refractivity contribution is -0.167. The Kier molecular flexibility index (Phi) is 3.36. The van der Waals surface area contributed by atoms with Gasteiger partial charge in [-0.2, -0.15) is 0 Å². The van der Waals surface area contributed by atoms with E-state index in [1.54, 1.807) is 0 Å². The molecule has 2 fully saturated rings. The van der Waals surface area contributed by atoms with Crippen LogP contribution in [-0.4, -0.2) is 48.7 Å². The van der Waals surface area contributed by atoms with Gasteiger partial charge in [0.05, 0.1) is 13.0 Å². The molecule has 2 saturated heterocycles. The minimum Gasteiger partial charge on any atom is -0.469 e. The monoisotopic (exact) mass is 255 g/mol. The van der Waals surface area contributed by atoms with E-state index in [-0.39, 0.29) is 23.8 Å². The van der Waals surface area contributed by atoms with Crippen LogP contribution in [0.15, 0.2) is 0 Å². The zero-order valence-corrected chi connectivity index (χ0v) is 11.4. The molecule has 0 aromatic carbocycles. The van der Waals surface area contributed by atoms with Crippen LogP contribution in [0.1, 0.15) is 27.2 Å². The summed E-state index contributed by atoms with van der Waals surface area (Å²) in [5.41, 5.74) is -0.527. The zero-order chi connectivity index (χ0) is 13.5. The number of hydrogen-bond acceptors (Lipinski definition) is 5. The minimum atomic E-state index is -0.527. The van der Waals surface area contributed by atoms with Crippen molar-refractivity contribution >= 4 is 11.9 Å². The number of piperidine rings is 1. The van der Waals surface area contributed by atoms with Crippen molar-refractivity contribution in [2.75, 3.05) is 20.2 Å². The first-order chi connectivity index (χ1) is 8.33. The second-order valence-electron chi connectivity index (χ2n) is 6.07. The molecule has 0 spiro atoms. The molecule has 0 aromatic heterocycles. The Hall–Kier alpha value is -1.10. The third-order valence-electron chi connectivity index (χ3n) is 3.62. The molecule has 5 nitrogen and oxygen atoms in total. The summed E-state index contributed by atoms with van der Waals surface area (Å²) in [4.78, 5) is 26.1. The largest absolute Gasteiger partial charge is 0.469 e. The number of ether oxygens (including phenoxy) is 2. The third kappa shape index (κ3) is 2.36. The molecule has 4 unspecified atom stereocenters. The van der Waals surface area contributed by atoms with Crippen LogP contribution in [0.5, 0.6) is 0 Å². The van der Waals surface area contributed by atoms with Gasteiger partial charge in [0.15, 0.2) is 0 Å². The van der Waals surface area contributed by atoms with Gasteiger partial charge in [-0.25, -0.2) is 0 Å². The van der Waals surface area contributed by atoms with E-state index in [2.05, 4.69) is 0 Å². The van der Waals surface area contributed by atoms with E-state index in [0.717, 1.165) is 19.5 Å². The van der Waals surface area contributed by atoms with E-state index in [4.69, 9.17) is 9.47 Å². The molecule has 2 heterocycles. The molecule has 102 valence electrons. The van der Waals surface area contributed by atoms with E-state index in [1.165, 1.54) is 7.11 Å². The maximum Gasteiger partial charge on any atom is 0.324 e. The highest BCUT2D eigenvalue weighted by atomic mass is 16.6. The van der Waals surface area contributed by atoms with Crippen molar-refractivity contribution in [3.63, 3.8) is 0 Å². The maximum absolute atomic E-state index is 12.2. The summed E-state index contributed by atoms with van der Waals surface area (Å²) in [7, 11) is 1.37. The van der Waals surface area contributed by atoms with Gasteiger partial charge in [-0.3, -0.25) is 14.5 Å². The molecule has 0 amide bonds. The fourth-order valence-corrected chi connectivity index (χ4v) is 2.96. The third-order valence-corrected chi connectivity index (χ3v) is 3.62. The van der Waals surface area contributed by atoms with E-state index < -0.39 is 11.6 Å². The van der Waals surface area contributed by atoms with E-state index in [1.807, 2.05) is 25.7 Å². The first-order valence-corrected chi connectivity index (χ1v) is 6.38. The molecule has 0 radical (unpaired) electrons. The molecule has 2 aliphatic rings. The smallest absolute Gasteiger partial charge is 0.324 e. The molecule has 2 rings (SSSR count). The molecule has 5 heteroatoms. The summed E-state index contributed by atoms with van der Waals surface area (Å²) in [5, 5.41) is 0. The number of carbonyl (C=O) groups is 2. The van der Waals surface area contributed by atoms with Crippen LogP contribution < -0.4 is 0 Å². The van der Waals surface area contributed by atoms with Gasteiger partial charge in [0, 0.05) is 6.54 Å². The van der Waals surface area contributed by atoms with E-state index in [0.29, 0.717) is 0 Å². The Bertz CT molecular complexity index is 360. The number of methoxy groups -OCH3 is 1. The maximum atomic E-state index is 12.2. The second kappa shape index (κ2) is 4.53. The molecule has 18 heavy (non-hydrogen) atoms. The molecule has 2 bridgehead atoms. The summed E-state index contributed by atoms with van der Waals surface area (Å²) in [5.74, 6) is -0.730. The fraction of sp³-hybridized carbons (Fsp3) is 0.846. The van der Waals surface area contributed by atoms with Crippen molar-refractivity contribution in [3.8, 4) is 0 Å². The number of nitrogens with zero attached hydrogens (tertiary/aromatic N) is 1. The Morgan fingerprint density at radius 2 is 1.89 bits per heavy atom. The Morgan fingerprint density at radius 3 is 2.44 bits per heavy atom. The molecule has 0 saturated carbocycles. The molecule has 2 aliphatic heterocycles. The Morgan fingerprint density at radius 1 is 1.22 bits per heavy atom. The molecule has 0 aromatic rings. The lowest BCUT2D eigenvalue weighted by Gasteiger charge is -2.31. The second-order valence-corrected chi connectivity index (χ2v) is 6.07. The predicted octanol–water partition coefficient (Wildman–Crippen LogP) is 0.821. The zero-order valence-electron chi connectivity index (χ0n) is 11.4. The Balaban J connectivity index is 2.14. The van der Waals surface area contributed by atoms with E-state index >= 15 is 0 Å². The van der Waals surface area contributed by atoms with Gasteiger partial charge in [-0.05, 0) is 39.7 Å². The summed E-state index contributed by atoms with van der Waals surface area (Å²) >= 11 is 0. The minimum absolute atomic E-state index is 0.231. The van der Waals surface area contributed by atoms with Gasteiger partial charge >= 0.3 is 11.9 Å². The van der Waals surface area contributed by atoms with Crippen LogP contribution in [-0.2, 0) is 19.1 Å². The van der Waals surface area contributed by atoms with Crippen LogP contribution >= 0.6 is 0 Å². The molecular formula is C13H21NO4. The van der Waals surface area contributed by atoms with Crippen molar-refractivity contribution < 1.29 is 19.1 Å². The van der Waals surface area contributed by atoms with Gasteiger partial charge < -0.3 is 9.47 Å². The van der Waals surface area contributed by atoms with Crippen LogP contribution in [0, 0.1) is 11.8 Å². The van der Waals surface area contributed by atoms with Crippen molar-refractivity contribution in [1.29, 1.82) is 0 Å². The van der Waals surface area contributed by atoms with Crippen molar-refractivity contribution in [2.24, 2.45) is 11.8 Å². The lowest BCUT2D eigenvalue weighted by atomic mass is 9.86. The quantitative estimate of drug-likeness (QED) is 0.684. The van der Waals surface area contributed by atoms with Crippen molar-refractivity contribution in [3.05, 3.63) is 0 Å². The number of carbonyl (C=O) groups excluding carboxylic acids is 2. The Labute approximate surface area is 107 Å². The first kappa shape index (κ1) is 13.3. The SMILES string of the molecule is COC(=O)C1C2CCN(C2)C1C(=O)OC(C)(C)C. The van der Waals surface area contributed by atoms with Gasteiger partial charge in [0.25, 0.3) is 0 Å². The number of fused-ring (bicyclic) bond motifs is 2. The highest BCUT2D eigenvalue weighted by Crippen LogP contribution is 2.39. The summed E-state index contributed by atoms with van der Waals surface area (Å²) in [6.45, 7) is 7.16. The average molecular weight is 255 g/mol. The predicted molar refractivity (Wildman–Crippen MR) is 64.8 cm³/mol. The highest BCUT2D eigenvalue weighted by molar-refractivity contribution is 5.86. The summed E-state index contributed by atoms with van der Waals surface area (Å²) < 4.78 is 10.2. The number of hydrogen-bond donors (Lipinski definition) is 0. The first-order valence-electron chi connectivity index (χ1n) is 6.38. The van der Waals surface area contributed by atoms with Gasteiger partial charge in [0.1, 0.15) is 11.6 Å². The standard InChI is InChI=1S/C13H21NO4/c1-13(2,3)18-12(16)10-9(11(15)17-4)8-5-6-14(10)7-8/h8-10H,5-7H2,1-4H3. The highest BCUT2D eigenvalue weighted by Gasteiger charge is 2.54.